The largest absolute Gasteiger partial charge is 0.347 e. The number of nitrogens with zero attached hydrogens (tertiary/aromatic N) is 1. The Labute approximate surface area is 114 Å². The molecule has 1 aromatic heterocycles. The van der Waals surface area contributed by atoms with Crippen LogP contribution in [0, 0.1) is 0 Å². The number of nitrogens with two attached hydrogens (primary N) is 1. The monoisotopic (exact) mass is 262 g/mol. The molecule has 0 bridgehead atoms. The first kappa shape index (κ1) is 13.5. The Morgan fingerprint density at radius 3 is 2.89 bits per heavy atom. The Kier molecular flexibility index (Phi) is 4.72. The number of aromatic nitrogens is 1. The average Bonchev–Trinajstić information content (AvgIpc) is 2.73. The van der Waals surface area contributed by atoms with Crippen molar-refractivity contribution in [2.75, 3.05) is 12.0 Å². The molecular formula is C15H22N2S. The molecule has 3 heteroatoms. The third-order valence-electron chi connectivity index (χ3n) is 3.16. The van der Waals surface area contributed by atoms with Crippen LogP contribution in [0.5, 0.6) is 0 Å². The maximum atomic E-state index is 5.94. The van der Waals surface area contributed by atoms with E-state index in [0.29, 0.717) is 0 Å². The molecule has 0 aliphatic carbocycles. The van der Waals surface area contributed by atoms with Gasteiger partial charge in [0, 0.05) is 18.8 Å². The van der Waals surface area contributed by atoms with Crippen molar-refractivity contribution in [1.29, 1.82) is 0 Å². The molecule has 2 N–H and O–H groups in total. The molecule has 1 heterocycles. The van der Waals surface area contributed by atoms with Gasteiger partial charge in [0.2, 0.25) is 0 Å². The van der Waals surface area contributed by atoms with E-state index in [9.17, 15) is 0 Å². The molecule has 0 aliphatic rings. The topological polar surface area (TPSA) is 30.9 Å². The van der Waals surface area contributed by atoms with Crippen LogP contribution in [-0.4, -0.2) is 22.6 Å². The summed E-state index contributed by atoms with van der Waals surface area (Å²) < 4.78 is 2.38. The zero-order valence-corrected chi connectivity index (χ0v) is 12.0. The predicted octanol–water partition coefficient (Wildman–Crippen LogP) is 3.28. The summed E-state index contributed by atoms with van der Waals surface area (Å²) in [6.07, 6.45) is 6.53. The van der Waals surface area contributed by atoms with E-state index in [-0.39, 0.29) is 6.04 Å². The highest BCUT2D eigenvalue weighted by Crippen LogP contribution is 2.22. The van der Waals surface area contributed by atoms with Gasteiger partial charge in [-0.15, -0.1) is 0 Å². The molecule has 0 radical (unpaired) electrons. The van der Waals surface area contributed by atoms with Crippen molar-refractivity contribution < 1.29 is 0 Å². The molecule has 2 rings (SSSR count). The quantitative estimate of drug-likeness (QED) is 0.810. The predicted molar refractivity (Wildman–Crippen MR) is 82.3 cm³/mol. The van der Waals surface area contributed by atoms with Crippen molar-refractivity contribution in [3.8, 4) is 0 Å². The number of hydrogen-bond donors (Lipinski definition) is 1. The summed E-state index contributed by atoms with van der Waals surface area (Å²) in [5.74, 6) is 1.22. The molecule has 0 saturated heterocycles. The molecule has 1 atom stereocenters. The number of aryl methyl sites for hydroxylation is 1. The lowest BCUT2D eigenvalue weighted by Crippen LogP contribution is -2.18. The van der Waals surface area contributed by atoms with Crippen molar-refractivity contribution in [2.45, 2.75) is 32.4 Å². The van der Waals surface area contributed by atoms with Gasteiger partial charge in [-0.1, -0.05) is 18.2 Å². The van der Waals surface area contributed by atoms with Gasteiger partial charge in [-0.2, -0.15) is 11.8 Å². The highest BCUT2D eigenvalue weighted by molar-refractivity contribution is 7.98. The lowest BCUT2D eigenvalue weighted by atomic mass is 10.0. The van der Waals surface area contributed by atoms with E-state index in [1.54, 1.807) is 0 Å². The van der Waals surface area contributed by atoms with E-state index in [0.717, 1.165) is 13.0 Å². The van der Waals surface area contributed by atoms with Gasteiger partial charge >= 0.3 is 0 Å². The van der Waals surface area contributed by atoms with E-state index < -0.39 is 0 Å². The van der Waals surface area contributed by atoms with Crippen molar-refractivity contribution >= 4 is 22.7 Å². The van der Waals surface area contributed by atoms with Crippen molar-refractivity contribution in [3.63, 3.8) is 0 Å². The van der Waals surface area contributed by atoms with Crippen LogP contribution in [0.4, 0.5) is 0 Å². The van der Waals surface area contributed by atoms with Crippen LogP contribution in [0.2, 0.25) is 0 Å². The van der Waals surface area contributed by atoms with Crippen LogP contribution >= 0.6 is 11.8 Å². The van der Waals surface area contributed by atoms with Gasteiger partial charge in [-0.3, -0.25) is 0 Å². The first-order valence-corrected chi connectivity index (χ1v) is 7.93. The fourth-order valence-corrected chi connectivity index (χ4v) is 2.84. The average molecular weight is 262 g/mol. The molecule has 0 amide bonds. The molecule has 2 nitrogen and oxygen atoms in total. The van der Waals surface area contributed by atoms with Crippen molar-refractivity contribution in [2.24, 2.45) is 5.73 Å². The Hall–Kier alpha value is -0.930. The summed E-state index contributed by atoms with van der Waals surface area (Å²) >= 11 is 1.91. The summed E-state index contributed by atoms with van der Waals surface area (Å²) in [6.45, 7) is 3.17. The van der Waals surface area contributed by atoms with Gasteiger partial charge in [0.05, 0.1) is 5.52 Å². The van der Waals surface area contributed by atoms with Gasteiger partial charge in [0.1, 0.15) is 0 Å². The normalized spacial score (nSPS) is 13.1. The van der Waals surface area contributed by atoms with E-state index >= 15 is 0 Å². The fraction of sp³-hybridized carbons (Fsp3) is 0.467. The Bertz CT molecular complexity index is 502. The summed E-state index contributed by atoms with van der Waals surface area (Å²) in [6, 6.07) is 8.94. The van der Waals surface area contributed by atoms with Crippen LogP contribution in [-0.2, 0) is 13.0 Å². The van der Waals surface area contributed by atoms with Gasteiger partial charge in [-0.25, -0.2) is 0 Å². The molecule has 0 fully saturated rings. The number of fused-ring (bicyclic) bond motifs is 1. The van der Waals surface area contributed by atoms with Crippen LogP contribution in [0.1, 0.15) is 18.9 Å². The molecule has 0 aliphatic heterocycles. The van der Waals surface area contributed by atoms with Gasteiger partial charge in [0.25, 0.3) is 0 Å². The minimum absolute atomic E-state index is 0.213. The Morgan fingerprint density at radius 1 is 1.33 bits per heavy atom. The van der Waals surface area contributed by atoms with E-state index in [2.05, 4.69) is 48.2 Å². The van der Waals surface area contributed by atoms with Gasteiger partial charge in [-0.05, 0) is 48.8 Å². The van der Waals surface area contributed by atoms with Crippen LogP contribution in [0.25, 0.3) is 10.9 Å². The summed E-state index contributed by atoms with van der Waals surface area (Å²) in [5, 5.41) is 1.33. The van der Waals surface area contributed by atoms with E-state index in [1.807, 2.05) is 11.8 Å². The second-order valence-electron chi connectivity index (χ2n) is 4.89. The number of thioether (sulfide) groups is 1. The zero-order valence-electron chi connectivity index (χ0n) is 11.2. The van der Waals surface area contributed by atoms with Gasteiger partial charge < -0.3 is 10.3 Å². The lowest BCUT2D eigenvalue weighted by Gasteiger charge is -2.11. The first-order chi connectivity index (χ1) is 8.72. The van der Waals surface area contributed by atoms with Gasteiger partial charge in [0.15, 0.2) is 0 Å². The van der Waals surface area contributed by atoms with E-state index in [1.165, 1.54) is 28.6 Å². The third kappa shape index (κ3) is 3.09. The summed E-state index contributed by atoms with van der Waals surface area (Å²) in [7, 11) is 0. The molecule has 0 spiro atoms. The molecule has 0 saturated carbocycles. The second kappa shape index (κ2) is 6.30. The number of benzene rings is 1. The highest BCUT2D eigenvalue weighted by Gasteiger charge is 2.07. The Morgan fingerprint density at radius 2 is 2.17 bits per heavy atom. The second-order valence-corrected chi connectivity index (χ2v) is 5.88. The number of rotatable bonds is 6. The van der Waals surface area contributed by atoms with Crippen LogP contribution in [0.15, 0.2) is 30.5 Å². The SMILES string of the molecule is CSCCCn1ccc2cccc(CC(C)N)c21. The summed E-state index contributed by atoms with van der Waals surface area (Å²) in [4.78, 5) is 0. The molecule has 2 aromatic rings. The summed E-state index contributed by atoms with van der Waals surface area (Å²) in [5.41, 5.74) is 8.69. The zero-order chi connectivity index (χ0) is 13.0. The lowest BCUT2D eigenvalue weighted by molar-refractivity contribution is 0.697. The smallest absolute Gasteiger partial charge is 0.0513 e. The van der Waals surface area contributed by atoms with Crippen molar-refractivity contribution in [3.05, 3.63) is 36.0 Å². The molecule has 18 heavy (non-hydrogen) atoms. The molecular weight excluding hydrogens is 240 g/mol. The molecule has 98 valence electrons. The molecule has 1 unspecified atom stereocenters. The molecule has 1 aromatic carbocycles. The van der Waals surface area contributed by atoms with Crippen LogP contribution in [0.3, 0.4) is 0 Å². The first-order valence-electron chi connectivity index (χ1n) is 6.53. The minimum Gasteiger partial charge on any atom is -0.347 e. The van der Waals surface area contributed by atoms with E-state index in [4.69, 9.17) is 5.73 Å². The maximum absolute atomic E-state index is 5.94. The highest BCUT2D eigenvalue weighted by atomic mass is 32.2. The Balaban J connectivity index is 2.29. The maximum Gasteiger partial charge on any atom is 0.0513 e. The third-order valence-corrected chi connectivity index (χ3v) is 3.86. The fourth-order valence-electron chi connectivity index (χ4n) is 2.42. The number of hydrogen-bond acceptors (Lipinski definition) is 2. The standard InChI is InChI=1S/C15H22N2S/c1-12(16)11-14-6-3-5-13-7-9-17(15(13)14)8-4-10-18-2/h3,5-7,9,12H,4,8,10-11,16H2,1-2H3. The van der Waals surface area contributed by atoms with Crippen molar-refractivity contribution in [1.82, 2.24) is 4.57 Å². The number of para-hydroxylation sites is 1. The minimum atomic E-state index is 0.213. The van der Waals surface area contributed by atoms with Crippen LogP contribution < -0.4 is 5.73 Å².